The van der Waals surface area contributed by atoms with Crippen LogP contribution in [0.3, 0.4) is 0 Å². The summed E-state index contributed by atoms with van der Waals surface area (Å²) < 4.78 is 0. The molecule has 0 radical (unpaired) electrons. The Morgan fingerprint density at radius 1 is 1.19 bits per heavy atom. The average Bonchev–Trinajstić information content (AvgIpc) is 2.74. The van der Waals surface area contributed by atoms with Crippen molar-refractivity contribution >= 4 is 0 Å². The van der Waals surface area contributed by atoms with Gasteiger partial charge in [-0.25, -0.2) is 0 Å². The number of hydrogen-bond acceptors (Lipinski definition) is 4. The van der Waals surface area contributed by atoms with Crippen LogP contribution in [0.1, 0.15) is 53.4 Å². The molecule has 3 unspecified atom stereocenters. The van der Waals surface area contributed by atoms with Crippen LogP contribution in [0.2, 0.25) is 0 Å². The highest BCUT2D eigenvalue weighted by Crippen LogP contribution is 2.24. The molecule has 2 N–H and O–H groups in total. The monoisotopic (exact) mass is 297 g/mol. The predicted octanol–water partition coefficient (Wildman–Crippen LogP) is 1.68. The Balaban J connectivity index is 1.93. The van der Waals surface area contributed by atoms with Crippen LogP contribution in [0.25, 0.3) is 0 Å². The molecule has 21 heavy (non-hydrogen) atoms. The van der Waals surface area contributed by atoms with E-state index in [4.69, 9.17) is 0 Å². The number of nitrogens with zero attached hydrogens (tertiary/aromatic N) is 2. The first-order chi connectivity index (χ1) is 9.93. The molecule has 2 rings (SSSR count). The third-order valence-electron chi connectivity index (χ3n) is 5.19. The van der Waals surface area contributed by atoms with Crippen molar-refractivity contribution in [2.24, 2.45) is 0 Å². The molecule has 0 aliphatic carbocycles. The lowest BCUT2D eigenvalue weighted by Gasteiger charge is -2.38. The molecule has 0 aromatic heterocycles. The third-order valence-corrected chi connectivity index (χ3v) is 5.19. The average molecular weight is 297 g/mol. The minimum absolute atomic E-state index is 0.171. The van der Waals surface area contributed by atoms with Crippen LogP contribution in [0.15, 0.2) is 0 Å². The molecule has 4 heteroatoms. The smallest absolute Gasteiger partial charge is 0.0611 e. The molecular formula is C17H35N3O. The summed E-state index contributed by atoms with van der Waals surface area (Å²) in [4.78, 5) is 5.34. The fourth-order valence-electron chi connectivity index (χ4n) is 4.28. The first-order valence-electron chi connectivity index (χ1n) is 8.80. The summed E-state index contributed by atoms with van der Waals surface area (Å²) in [5.41, 5.74) is -0.171. The molecule has 0 aromatic carbocycles. The summed E-state index contributed by atoms with van der Waals surface area (Å²) in [5.74, 6) is 0. The molecule has 2 aliphatic heterocycles. The topological polar surface area (TPSA) is 38.7 Å². The highest BCUT2D eigenvalue weighted by molar-refractivity contribution is 4.91. The SMILES string of the molecule is CC(C)NC(C)(CO)CC(C)N1CCCN2CCCC2C1. The van der Waals surface area contributed by atoms with Crippen LogP contribution in [-0.4, -0.2) is 71.4 Å². The number of aliphatic hydroxyl groups is 1. The van der Waals surface area contributed by atoms with Gasteiger partial charge in [-0.2, -0.15) is 0 Å². The van der Waals surface area contributed by atoms with Gasteiger partial charge in [0.1, 0.15) is 0 Å². The highest BCUT2D eigenvalue weighted by atomic mass is 16.3. The van der Waals surface area contributed by atoms with Crippen LogP contribution in [0, 0.1) is 0 Å². The zero-order valence-electron chi connectivity index (χ0n) is 14.4. The number of hydrogen-bond donors (Lipinski definition) is 2. The van der Waals surface area contributed by atoms with E-state index < -0.39 is 0 Å². The van der Waals surface area contributed by atoms with Crippen molar-refractivity contribution in [1.29, 1.82) is 0 Å². The van der Waals surface area contributed by atoms with Crippen LogP contribution in [0.4, 0.5) is 0 Å². The molecule has 4 nitrogen and oxygen atoms in total. The minimum atomic E-state index is -0.171. The molecular weight excluding hydrogens is 262 g/mol. The highest BCUT2D eigenvalue weighted by Gasteiger charge is 2.33. The first-order valence-corrected chi connectivity index (χ1v) is 8.80. The van der Waals surface area contributed by atoms with Crippen molar-refractivity contribution in [1.82, 2.24) is 15.1 Å². The lowest BCUT2D eigenvalue weighted by molar-refractivity contribution is 0.104. The molecule has 2 aliphatic rings. The van der Waals surface area contributed by atoms with Gasteiger partial charge in [-0.3, -0.25) is 9.80 Å². The van der Waals surface area contributed by atoms with Crippen LogP contribution in [0.5, 0.6) is 0 Å². The van der Waals surface area contributed by atoms with Crippen molar-refractivity contribution in [2.45, 2.75) is 77.0 Å². The third kappa shape index (κ3) is 4.65. The molecule has 2 heterocycles. The van der Waals surface area contributed by atoms with Gasteiger partial charge < -0.3 is 10.4 Å². The molecule has 0 spiro atoms. The van der Waals surface area contributed by atoms with Gasteiger partial charge in [0.15, 0.2) is 0 Å². The molecule has 0 saturated carbocycles. The van der Waals surface area contributed by atoms with Crippen molar-refractivity contribution in [3.05, 3.63) is 0 Å². The van der Waals surface area contributed by atoms with Gasteiger partial charge in [0.05, 0.1) is 6.61 Å². The van der Waals surface area contributed by atoms with Gasteiger partial charge in [-0.1, -0.05) is 13.8 Å². The molecule has 2 fully saturated rings. The number of aliphatic hydroxyl groups excluding tert-OH is 1. The van der Waals surface area contributed by atoms with E-state index in [1.807, 2.05) is 0 Å². The standard InChI is InChI=1S/C17H35N3O/c1-14(2)18-17(4,13-21)11-15(3)20-10-6-9-19-8-5-7-16(19)12-20/h14-16,18,21H,5-13H2,1-4H3. The Bertz CT molecular complexity index is 323. The summed E-state index contributed by atoms with van der Waals surface area (Å²) in [7, 11) is 0. The zero-order valence-corrected chi connectivity index (χ0v) is 14.4. The largest absolute Gasteiger partial charge is 0.394 e. The Labute approximate surface area is 130 Å². The van der Waals surface area contributed by atoms with Crippen LogP contribution < -0.4 is 5.32 Å². The van der Waals surface area contributed by atoms with Crippen molar-refractivity contribution in [3.63, 3.8) is 0 Å². The Kier molecular flexibility index (Phi) is 6.06. The van der Waals surface area contributed by atoms with E-state index in [1.54, 1.807) is 0 Å². The summed E-state index contributed by atoms with van der Waals surface area (Å²) >= 11 is 0. The van der Waals surface area contributed by atoms with E-state index in [1.165, 1.54) is 45.4 Å². The maximum Gasteiger partial charge on any atom is 0.0611 e. The maximum atomic E-state index is 9.80. The fraction of sp³-hybridized carbons (Fsp3) is 1.00. The second-order valence-corrected chi connectivity index (χ2v) is 7.75. The molecule has 124 valence electrons. The quantitative estimate of drug-likeness (QED) is 0.782. The van der Waals surface area contributed by atoms with Crippen LogP contribution >= 0.6 is 0 Å². The predicted molar refractivity (Wildman–Crippen MR) is 88.6 cm³/mol. The molecule has 0 bridgehead atoms. The molecule has 0 amide bonds. The maximum absolute atomic E-state index is 9.80. The van der Waals surface area contributed by atoms with Gasteiger partial charge in [0.25, 0.3) is 0 Å². The minimum Gasteiger partial charge on any atom is -0.394 e. The normalized spacial score (nSPS) is 29.1. The molecule has 2 saturated heterocycles. The van der Waals surface area contributed by atoms with E-state index >= 15 is 0 Å². The number of rotatable bonds is 6. The fourth-order valence-corrected chi connectivity index (χ4v) is 4.28. The summed E-state index contributed by atoms with van der Waals surface area (Å²) in [6.45, 7) is 14.0. The van der Waals surface area contributed by atoms with E-state index in [9.17, 15) is 5.11 Å². The first kappa shape index (κ1) is 17.2. The van der Waals surface area contributed by atoms with E-state index in [-0.39, 0.29) is 12.1 Å². The Morgan fingerprint density at radius 2 is 1.90 bits per heavy atom. The Hall–Kier alpha value is -0.160. The van der Waals surface area contributed by atoms with Gasteiger partial charge in [-0.15, -0.1) is 0 Å². The number of nitrogens with one attached hydrogen (secondary N) is 1. The van der Waals surface area contributed by atoms with Gasteiger partial charge in [0, 0.05) is 30.2 Å². The molecule has 3 atom stereocenters. The lowest BCUT2D eigenvalue weighted by atomic mass is 9.92. The van der Waals surface area contributed by atoms with Crippen molar-refractivity contribution in [3.8, 4) is 0 Å². The van der Waals surface area contributed by atoms with Gasteiger partial charge >= 0.3 is 0 Å². The van der Waals surface area contributed by atoms with E-state index in [0.717, 1.165) is 12.5 Å². The summed E-state index contributed by atoms with van der Waals surface area (Å²) in [6.07, 6.45) is 5.03. The second kappa shape index (κ2) is 7.40. The Morgan fingerprint density at radius 3 is 2.57 bits per heavy atom. The molecule has 0 aromatic rings. The summed E-state index contributed by atoms with van der Waals surface area (Å²) in [6, 6.07) is 1.70. The van der Waals surface area contributed by atoms with Crippen LogP contribution in [-0.2, 0) is 0 Å². The lowest BCUT2D eigenvalue weighted by Crippen LogP contribution is -2.53. The zero-order chi connectivity index (χ0) is 15.5. The number of fused-ring (bicyclic) bond motifs is 1. The van der Waals surface area contributed by atoms with Gasteiger partial charge in [-0.05, 0) is 59.2 Å². The van der Waals surface area contributed by atoms with E-state index in [2.05, 4.69) is 42.8 Å². The second-order valence-electron chi connectivity index (χ2n) is 7.75. The van der Waals surface area contributed by atoms with Crippen molar-refractivity contribution < 1.29 is 5.11 Å². The van der Waals surface area contributed by atoms with E-state index in [0.29, 0.717) is 12.1 Å². The van der Waals surface area contributed by atoms with Crippen molar-refractivity contribution in [2.75, 3.05) is 32.8 Å². The summed E-state index contributed by atoms with van der Waals surface area (Å²) in [5, 5.41) is 13.3. The van der Waals surface area contributed by atoms with Gasteiger partial charge in [0.2, 0.25) is 0 Å².